The Morgan fingerprint density at radius 2 is 2.22 bits per heavy atom. The number of anilines is 1. The zero-order valence-corrected chi connectivity index (χ0v) is 9.48. The van der Waals surface area contributed by atoms with E-state index in [0.29, 0.717) is 5.69 Å². The smallest absolute Gasteiger partial charge is 0.256 e. The van der Waals surface area contributed by atoms with Crippen LogP contribution in [0, 0.1) is 5.21 Å². The van der Waals surface area contributed by atoms with E-state index in [1.54, 1.807) is 18.2 Å². The van der Waals surface area contributed by atoms with Gasteiger partial charge in [0.2, 0.25) is 5.69 Å². The van der Waals surface area contributed by atoms with E-state index in [1.807, 2.05) is 0 Å². The van der Waals surface area contributed by atoms with Crippen LogP contribution in [0.2, 0.25) is 0 Å². The van der Waals surface area contributed by atoms with Gasteiger partial charge >= 0.3 is 0 Å². The van der Waals surface area contributed by atoms with Gasteiger partial charge in [0.1, 0.15) is 18.4 Å². The number of hydrogen-bond acceptors (Lipinski definition) is 7. The summed E-state index contributed by atoms with van der Waals surface area (Å²) in [6, 6.07) is 6.59. The zero-order chi connectivity index (χ0) is 13.2. The van der Waals surface area contributed by atoms with Crippen LogP contribution in [0.3, 0.4) is 0 Å². The van der Waals surface area contributed by atoms with Gasteiger partial charge in [-0.05, 0) is 16.1 Å². The van der Waals surface area contributed by atoms with Gasteiger partial charge in [-0.15, -0.1) is 0 Å². The summed E-state index contributed by atoms with van der Waals surface area (Å²) in [7, 11) is 0. The van der Waals surface area contributed by atoms with Gasteiger partial charge in [0.05, 0.1) is 6.61 Å². The maximum atomic E-state index is 12.4. The second kappa shape index (κ2) is 4.88. The molecule has 1 aliphatic heterocycles. The Kier molecular flexibility index (Phi) is 3.45. The molecule has 0 radical (unpaired) electrons. The highest BCUT2D eigenvalue weighted by molar-refractivity contribution is 5.97. The first-order chi connectivity index (χ1) is 8.55. The van der Waals surface area contributed by atoms with Crippen molar-refractivity contribution in [3.8, 4) is 0 Å². The first kappa shape index (κ1) is 12.7. The summed E-state index contributed by atoms with van der Waals surface area (Å²) < 4.78 is 0. The quantitative estimate of drug-likeness (QED) is 0.421. The monoisotopic (exact) mass is 254 g/mol. The zero-order valence-electron chi connectivity index (χ0n) is 9.48. The predicted octanol–water partition coefficient (Wildman–Crippen LogP) is -0.568. The lowest BCUT2D eigenvalue weighted by atomic mass is 10.2. The van der Waals surface area contributed by atoms with E-state index in [-0.39, 0.29) is 18.3 Å². The topological polar surface area (TPSA) is 123 Å². The van der Waals surface area contributed by atoms with Crippen LogP contribution in [0.25, 0.3) is 0 Å². The minimum atomic E-state index is -1.48. The van der Waals surface area contributed by atoms with Gasteiger partial charge in [-0.1, -0.05) is 12.1 Å². The number of aliphatic hydroxyl groups excluding tert-OH is 2. The molecule has 8 nitrogen and oxygen atoms in total. The fourth-order valence-electron chi connectivity index (χ4n) is 1.52. The number of quaternary nitrogens is 1. The number of guanidine groups is 1. The normalized spacial score (nSPS) is 23.8. The maximum Gasteiger partial charge on any atom is 0.256 e. The third-order valence-electron chi connectivity index (χ3n) is 2.36. The molecule has 8 heteroatoms. The molecule has 1 heterocycles. The molecular weight excluding hydrogens is 240 g/mol. The molecule has 0 saturated heterocycles. The van der Waals surface area contributed by atoms with Crippen LogP contribution in [0.15, 0.2) is 29.4 Å². The highest BCUT2D eigenvalue weighted by atomic mass is 17.0. The maximum absolute atomic E-state index is 12.4. The van der Waals surface area contributed by atoms with E-state index >= 15 is 0 Å². The second-order valence-electron chi connectivity index (χ2n) is 3.78. The minimum Gasteiger partial charge on any atom is -0.565 e. The number of para-hydroxylation sites is 1. The van der Waals surface area contributed by atoms with E-state index in [9.17, 15) is 10.3 Å². The number of aliphatic hydroxyl groups is 2. The van der Waals surface area contributed by atoms with Crippen molar-refractivity contribution in [1.29, 1.82) is 0 Å². The van der Waals surface area contributed by atoms with Gasteiger partial charge < -0.3 is 26.5 Å². The van der Waals surface area contributed by atoms with Crippen molar-refractivity contribution >= 4 is 17.3 Å². The van der Waals surface area contributed by atoms with Gasteiger partial charge in [-0.3, -0.25) is 0 Å². The Hall–Kier alpha value is -1.71. The van der Waals surface area contributed by atoms with Crippen LogP contribution in [-0.2, 0) is 4.84 Å². The molecule has 98 valence electrons. The molecule has 0 bridgehead atoms. The van der Waals surface area contributed by atoms with E-state index in [4.69, 9.17) is 15.7 Å². The van der Waals surface area contributed by atoms with Crippen molar-refractivity contribution in [1.82, 2.24) is 4.92 Å². The lowest BCUT2D eigenvalue weighted by Gasteiger charge is -2.35. The third kappa shape index (κ3) is 2.42. The minimum absolute atomic E-state index is 0.0813. The summed E-state index contributed by atoms with van der Waals surface area (Å²) in [4.78, 5) is 3.50. The SMILES string of the molecule is NC1=N[N+]([O-])(OCC(O)CO)c2ccccc2N1. The Labute approximate surface area is 103 Å². The molecule has 1 aliphatic rings. The van der Waals surface area contributed by atoms with Crippen molar-refractivity contribution in [2.75, 3.05) is 18.5 Å². The van der Waals surface area contributed by atoms with Gasteiger partial charge in [0, 0.05) is 6.07 Å². The van der Waals surface area contributed by atoms with Crippen molar-refractivity contribution in [2.45, 2.75) is 6.10 Å². The lowest BCUT2D eigenvalue weighted by Crippen LogP contribution is -2.46. The number of fused-ring (bicyclic) bond motifs is 1. The molecule has 1 aromatic rings. The number of benzene rings is 1. The number of nitrogens with one attached hydrogen (secondary N) is 1. The Morgan fingerprint density at radius 1 is 1.50 bits per heavy atom. The first-order valence-electron chi connectivity index (χ1n) is 5.31. The Morgan fingerprint density at radius 3 is 2.94 bits per heavy atom. The number of nitrogens with zero attached hydrogens (tertiary/aromatic N) is 2. The molecule has 2 rings (SSSR count). The van der Waals surface area contributed by atoms with Crippen LogP contribution in [0.5, 0.6) is 0 Å². The molecule has 18 heavy (non-hydrogen) atoms. The fourth-order valence-corrected chi connectivity index (χ4v) is 1.52. The van der Waals surface area contributed by atoms with Crippen LogP contribution in [-0.4, -0.2) is 35.5 Å². The molecule has 0 spiro atoms. The van der Waals surface area contributed by atoms with Crippen molar-refractivity contribution in [3.05, 3.63) is 29.5 Å². The molecule has 2 unspecified atom stereocenters. The first-order valence-corrected chi connectivity index (χ1v) is 5.31. The Bertz CT molecular complexity index is 467. The van der Waals surface area contributed by atoms with E-state index in [0.717, 1.165) is 0 Å². The summed E-state index contributed by atoms with van der Waals surface area (Å²) in [5.41, 5.74) is 6.20. The van der Waals surface area contributed by atoms with Gasteiger partial charge in [0.15, 0.2) is 0 Å². The second-order valence-corrected chi connectivity index (χ2v) is 3.78. The van der Waals surface area contributed by atoms with Crippen LogP contribution in [0.4, 0.5) is 11.4 Å². The Balaban J connectivity index is 2.26. The van der Waals surface area contributed by atoms with Crippen LogP contribution in [0.1, 0.15) is 0 Å². The molecule has 0 aromatic heterocycles. The van der Waals surface area contributed by atoms with E-state index in [2.05, 4.69) is 10.4 Å². The molecule has 0 fully saturated rings. The fraction of sp³-hybridized carbons (Fsp3) is 0.300. The molecule has 0 saturated carbocycles. The standard InChI is InChI=1S/C10H14N4O4/c11-10-12-8-3-1-2-4-9(8)14(17,13-10)18-6-7(16)5-15/h1-4,7,15-16H,5-6H2,(H3,11,12,13). The number of rotatable bonds is 4. The number of hydrogen-bond donors (Lipinski definition) is 4. The highest BCUT2D eigenvalue weighted by Crippen LogP contribution is 2.34. The summed E-state index contributed by atoms with van der Waals surface area (Å²) in [5, 5.41) is 36.6. The summed E-state index contributed by atoms with van der Waals surface area (Å²) >= 11 is 0. The molecule has 0 aliphatic carbocycles. The van der Waals surface area contributed by atoms with E-state index < -0.39 is 17.6 Å². The summed E-state index contributed by atoms with van der Waals surface area (Å²) in [6.07, 6.45) is -1.15. The average Bonchev–Trinajstić information content (AvgIpc) is 2.36. The third-order valence-corrected chi connectivity index (χ3v) is 2.36. The predicted molar refractivity (Wildman–Crippen MR) is 65.9 cm³/mol. The van der Waals surface area contributed by atoms with Gasteiger partial charge in [-0.2, -0.15) is 4.84 Å². The molecule has 1 aromatic carbocycles. The van der Waals surface area contributed by atoms with E-state index in [1.165, 1.54) is 6.07 Å². The molecule has 2 atom stereocenters. The van der Waals surface area contributed by atoms with Crippen molar-refractivity contribution in [2.24, 2.45) is 10.8 Å². The highest BCUT2D eigenvalue weighted by Gasteiger charge is 2.32. The molecule has 5 N–H and O–H groups in total. The molecular formula is C10H14N4O4. The molecule has 0 amide bonds. The van der Waals surface area contributed by atoms with Crippen LogP contribution < -0.4 is 16.0 Å². The largest absolute Gasteiger partial charge is 0.565 e. The van der Waals surface area contributed by atoms with Gasteiger partial charge in [-0.25, -0.2) is 0 Å². The lowest BCUT2D eigenvalue weighted by molar-refractivity contribution is -0.141. The van der Waals surface area contributed by atoms with Crippen molar-refractivity contribution in [3.63, 3.8) is 0 Å². The average molecular weight is 254 g/mol. The van der Waals surface area contributed by atoms with Gasteiger partial charge in [0.25, 0.3) is 5.96 Å². The van der Waals surface area contributed by atoms with Crippen LogP contribution >= 0.6 is 0 Å². The summed E-state index contributed by atoms with van der Waals surface area (Å²) in [6.45, 7) is -0.857. The summed E-state index contributed by atoms with van der Waals surface area (Å²) in [5.74, 6) is -0.0813. The van der Waals surface area contributed by atoms with Crippen molar-refractivity contribution < 1.29 is 15.1 Å². The number of nitrogens with two attached hydrogens (primary N) is 1.